The Morgan fingerprint density at radius 1 is 0.865 bits per heavy atom. The van der Waals surface area contributed by atoms with Crippen LogP contribution in [0.1, 0.15) is 78.7 Å². The number of hydrogen-bond donors (Lipinski definition) is 0. The van der Waals surface area contributed by atoms with Gasteiger partial charge in [0.2, 0.25) is 0 Å². The summed E-state index contributed by atoms with van der Waals surface area (Å²) in [6.45, 7) is 21.9. The Kier molecular flexibility index (Phi) is 26.3. The second kappa shape index (κ2) is 23.6. The molecular weight excluding hydrogens is 576 g/mol. The van der Waals surface area contributed by atoms with Crippen molar-refractivity contribution in [3.05, 3.63) is 76.9 Å². The van der Waals surface area contributed by atoms with Crippen molar-refractivity contribution in [1.29, 1.82) is 0 Å². The average Bonchev–Trinajstić information content (AvgIpc) is 2.73. The molecule has 37 heavy (non-hydrogen) atoms. The minimum absolute atomic E-state index is 0. The van der Waals surface area contributed by atoms with Crippen LogP contribution in [0.25, 0.3) is 0 Å². The van der Waals surface area contributed by atoms with Crippen LogP contribution in [0.3, 0.4) is 0 Å². The number of benzene rings is 1. The monoisotopic (exact) mass is 626 g/mol. The molecule has 0 unspecified atom stereocenters. The van der Waals surface area contributed by atoms with Gasteiger partial charge in [0, 0.05) is 5.54 Å². The molecule has 1 aliphatic carbocycles. The van der Waals surface area contributed by atoms with Gasteiger partial charge in [0.25, 0.3) is 0 Å². The van der Waals surface area contributed by atoms with Gasteiger partial charge in [-0.1, -0.05) is 128 Å². The minimum Gasteiger partial charge on any atom is -1.00 e. The van der Waals surface area contributed by atoms with Crippen molar-refractivity contribution in [2.75, 3.05) is 6.61 Å². The number of rotatable bonds is 11. The Morgan fingerprint density at radius 2 is 1.41 bits per heavy atom. The largest absolute Gasteiger partial charge is 3.00 e. The molecule has 0 aromatic heterocycles. The Labute approximate surface area is 255 Å². The Hall–Kier alpha value is -0.269. The summed E-state index contributed by atoms with van der Waals surface area (Å²) in [5, 5.41) is 19.1. The van der Waals surface area contributed by atoms with E-state index in [4.69, 9.17) is 4.74 Å². The first kappa shape index (κ1) is 41.2. The van der Waals surface area contributed by atoms with Gasteiger partial charge < -0.3 is 31.9 Å². The maximum Gasteiger partial charge on any atom is 3.00 e. The van der Waals surface area contributed by atoms with Gasteiger partial charge >= 0.3 is 21.7 Å². The Bertz CT molecular complexity index is 744. The fourth-order valence-corrected chi connectivity index (χ4v) is 6.04. The molecule has 6 heteroatoms. The molecule has 2 radical (unpaired) electrons. The molecule has 0 heterocycles. The number of halogens is 1. The summed E-state index contributed by atoms with van der Waals surface area (Å²) < 4.78 is 5.90. The van der Waals surface area contributed by atoms with Crippen LogP contribution in [0.4, 0.5) is 0 Å². The van der Waals surface area contributed by atoms with Crippen molar-refractivity contribution < 1.29 is 53.6 Å². The molecule has 208 valence electrons. The van der Waals surface area contributed by atoms with Gasteiger partial charge in [0.1, 0.15) is 0 Å². The first-order chi connectivity index (χ1) is 16.4. The molecule has 0 atom stereocenters. The molecular formula is C31H51BrO3SiTi. The van der Waals surface area contributed by atoms with E-state index < -0.39 is 20.3 Å². The summed E-state index contributed by atoms with van der Waals surface area (Å²) >= 11 is 0. The van der Waals surface area contributed by atoms with Crippen molar-refractivity contribution >= 4 is 8.07 Å². The normalized spacial score (nSPS) is 13.4. The van der Waals surface area contributed by atoms with Crippen molar-refractivity contribution in [2.45, 2.75) is 112 Å². The van der Waals surface area contributed by atoms with E-state index in [-0.39, 0.29) is 38.7 Å². The van der Waals surface area contributed by atoms with Crippen LogP contribution in [0.5, 0.6) is 0 Å². The molecule has 0 bridgehead atoms. The minimum atomic E-state index is -1.39. The number of ether oxygens (including phenoxy) is 1. The summed E-state index contributed by atoms with van der Waals surface area (Å²) in [4.78, 5) is 0. The van der Waals surface area contributed by atoms with Gasteiger partial charge in [-0.05, 0) is 36.0 Å². The molecule has 3 nitrogen and oxygen atoms in total. The topological polar surface area (TPSA) is 55.3 Å². The van der Waals surface area contributed by atoms with Gasteiger partial charge in [-0.25, -0.2) is 0 Å². The van der Waals surface area contributed by atoms with E-state index in [0.29, 0.717) is 6.61 Å². The Morgan fingerprint density at radius 3 is 1.89 bits per heavy atom. The maximum atomic E-state index is 9.53. The third-order valence-corrected chi connectivity index (χ3v) is 7.20. The molecule has 2 rings (SSSR count). The number of allylic oxidation sites excluding steroid dienone is 4. The van der Waals surface area contributed by atoms with E-state index >= 15 is 0 Å². The van der Waals surface area contributed by atoms with Crippen molar-refractivity contribution in [3.8, 4) is 0 Å². The van der Waals surface area contributed by atoms with Gasteiger partial charge in [-0.2, -0.15) is 0 Å². The van der Waals surface area contributed by atoms with E-state index in [0.717, 1.165) is 13.0 Å². The maximum absolute atomic E-state index is 9.53. The van der Waals surface area contributed by atoms with Gasteiger partial charge in [-0.15, -0.1) is 12.2 Å². The second-order valence-electron chi connectivity index (χ2n) is 10.7. The SMILES string of the molecule is C=C1C=C(CCOCc2ccccc2)C=C(CCCCCC)[C]1[Si](C)(C)C.CC(C)[O-].CC(C)[O-].[Br-].[Ti+3]. The molecule has 0 spiro atoms. The molecule has 0 N–H and O–H groups in total. The summed E-state index contributed by atoms with van der Waals surface area (Å²) in [7, 11) is -1.39. The third kappa shape index (κ3) is 22.3. The summed E-state index contributed by atoms with van der Waals surface area (Å²) in [5.74, 6) is 0. The van der Waals surface area contributed by atoms with Crippen molar-refractivity contribution in [1.82, 2.24) is 0 Å². The molecule has 1 aliphatic rings. The number of hydrogen-bond acceptors (Lipinski definition) is 3. The molecule has 0 aliphatic heterocycles. The van der Waals surface area contributed by atoms with Crippen LogP contribution < -0.4 is 27.2 Å². The van der Waals surface area contributed by atoms with Gasteiger partial charge in [-0.3, -0.25) is 0 Å². The number of unbranched alkanes of at least 4 members (excludes halogenated alkanes) is 3. The van der Waals surface area contributed by atoms with E-state index in [1.807, 2.05) is 6.07 Å². The van der Waals surface area contributed by atoms with E-state index in [1.165, 1.54) is 48.8 Å². The predicted molar refractivity (Wildman–Crippen MR) is 152 cm³/mol. The average molecular weight is 628 g/mol. The fraction of sp³-hybridized carbons (Fsp3) is 0.581. The quantitative estimate of drug-likeness (QED) is 0.276. The van der Waals surface area contributed by atoms with Crippen LogP contribution in [0.15, 0.2) is 65.8 Å². The van der Waals surface area contributed by atoms with Crippen LogP contribution in [0, 0.1) is 5.54 Å². The van der Waals surface area contributed by atoms with Gasteiger partial charge in [0.15, 0.2) is 0 Å². The van der Waals surface area contributed by atoms with E-state index in [9.17, 15) is 10.2 Å². The third-order valence-electron chi connectivity index (χ3n) is 5.06. The molecule has 1 aromatic rings. The van der Waals surface area contributed by atoms with Gasteiger partial charge in [0.05, 0.1) is 21.3 Å². The molecule has 0 amide bonds. The van der Waals surface area contributed by atoms with Crippen molar-refractivity contribution in [2.24, 2.45) is 0 Å². The van der Waals surface area contributed by atoms with Crippen LogP contribution in [-0.2, 0) is 33.1 Å². The molecule has 0 saturated carbocycles. The fourth-order valence-electron chi connectivity index (χ4n) is 3.84. The molecule has 0 saturated heterocycles. The zero-order chi connectivity index (χ0) is 26.9. The summed E-state index contributed by atoms with van der Waals surface area (Å²) in [5.41, 5.74) is 6.99. The molecule has 1 aromatic carbocycles. The zero-order valence-electron chi connectivity index (χ0n) is 24.7. The smallest absolute Gasteiger partial charge is 1.00 e. The first-order valence-corrected chi connectivity index (χ1v) is 16.8. The van der Waals surface area contributed by atoms with Crippen molar-refractivity contribution in [3.63, 3.8) is 0 Å². The predicted octanol–water partition coefficient (Wildman–Crippen LogP) is 3.95. The second-order valence-corrected chi connectivity index (χ2v) is 15.7. The van der Waals surface area contributed by atoms with E-state index in [2.05, 4.69) is 69.6 Å². The molecule has 0 fully saturated rings. The first-order valence-electron chi connectivity index (χ1n) is 13.3. The summed E-state index contributed by atoms with van der Waals surface area (Å²) in [6, 6.07) is 10.4. The standard InChI is InChI=1S/C25H37OSi.2C3H7O.BrH.Ti/c1-6-7-8-12-15-24-19-23(18-21(2)25(24)27(3,4)5)16-17-26-20-22-13-10-9-11-14-22;2*1-3(2)4;;/h9-11,13-14,18-19H,2,6-8,12,15-17,20H2,1,3-5H3;2*3H,1-2H3;1H;/q;2*-1;;+3/p-1. The van der Waals surface area contributed by atoms with Crippen LogP contribution in [0.2, 0.25) is 19.6 Å². The zero-order valence-corrected chi connectivity index (χ0v) is 28.8. The van der Waals surface area contributed by atoms with Crippen LogP contribution >= 0.6 is 0 Å². The van der Waals surface area contributed by atoms with Crippen LogP contribution in [-0.4, -0.2) is 26.9 Å². The Balaban J connectivity index is -0.00000101. The van der Waals surface area contributed by atoms with E-state index in [1.54, 1.807) is 38.8 Å². The summed E-state index contributed by atoms with van der Waals surface area (Å²) in [6.07, 6.45) is 11.3.